The molecule has 1 rings (SSSR count). The average molecular weight is 206 g/mol. The van der Waals surface area contributed by atoms with E-state index in [1.165, 1.54) is 0 Å². The topological polar surface area (TPSA) is 15.6 Å². The Bertz CT molecular complexity index is 296. The number of likely N-dealkylation sites (N-methyl/N-ethyl adjacent to an activating group) is 1. The summed E-state index contributed by atoms with van der Waals surface area (Å²) in [5.74, 6) is 0. The maximum absolute atomic E-state index is 4.60. The minimum absolute atomic E-state index is 0.0308. The minimum atomic E-state index is -0.113. The molecule has 2 heteroatoms. The van der Waals surface area contributed by atoms with E-state index in [1.54, 1.807) is 0 Å². The lowest BCUT2D eigenvalue weighted by atomic mass is 10.0. The zero-order valence-corrected chi connectivity index (χ0v) is 10.5. The summed E-state index contributed by atoms with van der Waals surface area (Å²) in [6.45, 7) is 11.7. The van der Waals surface area contributed by atoms with Gasteiger partial charge >= 0.3 is 0 Å². The van der Waals surface area contributed by atoms with Crippen LogP contribution in [0.5, 0.6) is 0 Å². The third-order valence-electron chi connectivity index (χ3n) is 2.73. The zero-order valence-electron chi connectivity index (χ0n) is 10.5. The van der Waals surface area contributed by atoms with Crippen molar-refractivity contribution in [2.24, 2.45) is 4.99 Å². The number of allylic oxidation sites excluding steroid dienone is 2. The summed E-state index contributed by atoms with van der Waals surface area (Å²) in [5.41, 5.74) is -0.0822. The lowest BCUT2D eigenvalue weighted by Crippen LogP contribution is -2.41. The van der Waals surface area contributed by atoms with Crippen LogP contribution in [0.2, 0.25) is 0 Å². The van der Waals surface area contributed by atoms with Gasteiger partial charge < -0.3 is 4.90 Å². The molecule has 0 aromatic heterocycles. The highest BCUT2D eigenvalue weighted by molar-refractivity contribution is 5.58. The maximum Gasteiger partial charge on any atom is 0.0867 e. The Hall–Kier alpha value is -1.05. The van der Waals surface area contributed by atoms with Crippen LogP contribution in [0.15, 0.2) is 29.3 Å². The molecule has 0 bridgehead atoms. The van der Waals surface area contributed by atoms with E-state index in [0.29, 0.717) is 0 Å². The minimum Gasteiger partial charge on any atom is -0.355 e. The first kappa shape index (κ1) is 12.0. The molecule has 0 unspecified atom stereocenters. The molecule has 1 aliphatic heterocycles. The molecule has 0 radical (unpaired) electrons. The van der Waals surface area contributed by atoms with E-state index in [4.69, 9.17) is 0 Å². The number of hydrogen-bond acceptors (Lipinski definition) is 2. The van der Waals surface area contributed by atoms with Gasteiger partial charge in [-0.25, -0.2) is 0 Å². The van der Waals surface area contributed by atoms with Crippen LogP contribution in [-0.4, -0.2) is 28.9 Å². The van der Waals surface area contributed by atoms with E-state index in [2.05, 4.69) is 68.8 Å². The highest BCUT2D eigenvalue weighted by Crippen LogP contribution is 2.18. The number of nitrogens with zero attached hydrogens (tertiary/aromatic N) is 2. The van der Waals surface area contributed by atoms with E-state index >= 15 is 0 Å². The Morgan fingerprint density at radius 1 is 1.07 bits per heavy atom. The van der Waals surface area contributed by atoms with Crippen LogP contribution in [0.25, 0.3) is 0 Å². The third-order valence-corrected chi connectivity index (χ3v) is 2.73. The molecule has 0 aromatic carbocycles. The van der Waals surface area contributed by atoms with Gasteiger partial charge in [0.25, 0.3) is 0 Å². The summed E-state index contributed by atoms with van der Waals surface area (Å²) < 4.78 is 0. The fraction of sp³-hybridized carbons (Fsp3) is 0.615. The van der Waals surface area contributed by atoms with Crippen molar-refractivity contribution >= 4 is 6.34 Å². The second-order valence-electron chi connectivity index (χ2n) is 5.06. The van der Waals surface area contributed by atoms with Crippen molar-refractivity contribution in [2.75, 3.05) is 6.54 Å². The summed E-state index contributed by atoms with van der Waals surface area (Å²) in [5, 5.41) is 0. The van der Waals surface area contributed by atoms with Crippen molar-refractivity contribution in [3.05, 3.63) is 24.3 Å². The molecule has 0 spiro atoms. The monoisotopic (exact) mass is 206 g/mol. The van der Waals surface area contributed by atoms with Gasteiger partial charge in [0.2, 0.25) is 0 Å². The quantitative estimate of drug-likeness (QED) is 0.644. The predicted octanol–water partition coefficient (Wildman–Crippen LogP) is 3.02. The van der Waals surface area contributed by atoms with Gasteiger partial charge in [-0.15, -0.1) is 0 Å². The highest BCUT2D eigenvalue weighted by atomic mass is 15.2. The molecule has 2 nitrogen and oxygen atoms in total. The smallest absolute Gasteiger partial charge is 0.0867 e. The van der Waals surface area contributed by atoms with E-state index in [0.717, 1.165) is 6.54 Å². The molecule has 0 atom stereocenters. The first-order valence-corrected chi connectivity index (χ1v) is 5.56. The van der Waals surface area contributed by atoms with Gasteiger partial charge in [0.1, 0.15) is 0 Å². The number of aliphatic imine (C=N–C) groups is 1. The number of hydrogen-bond donors (Lipinski definition) is 0. The summed E-state index contributed by atoms with van der Waals surface area (Å²) >= 11 is 0. The van der Waals surface area contributed by atoms with E-state index in [-0.39, 0.29) is 11.1 Å². The molecule has 0 aliphatic carbocycles. The molecule has 0 aromatic rings. The molecule has 84 valence electrons. The van der Waals surface area contributed by atoms with Gasteiger partial charge in [0, 0.05) is 6.54 Å². The van der Waals surface area contributed by atoms with Gasteiger partial charge in [-0.3, -0.25) is 4.99 Å². The fourth-order valence-electron chi connectivity index (χ4n) is 1.58. The molecule has 15 heavy (non-hydrogen) atoms. The van der Waals surface area contributed by atoms with Crippen LogP contribution in [0.3, 0.4) is 0 Å². The van der Waals surface area contributed by atoms with Gasteiger partial charge in [0.15, 0.2) is 0 Å². The second kappa shape index (κ2) is 4.21. The molecule has 0 saturated carbocycles. The van der Waals surface area contributed by atoms with Gasteiger partial charge in [-0.2, -0.15) is 0 Å². The van der Waals surface area contributed by atoms with Crippen molar-refractivity contribution in [3.63, 3.8) is 0 Å². The normalized spacial score (nSPS) is 27.7. The second-order valence-corrected chi connectivity index (χ2v) is 5.06. The van der Waals surface area contributed by atoms with Gasteiger partial charge in [0.05, 0.1) is 17.4 Å². The third kappa shape index (κ3) is 3.22. The number of rotatable bonds is 1. The molecular weight excluding hydrogens is 184 g/mol. The summed E-state index contributed by atoms with van der Waals surface area (Å²) in [4.78, 5) is 6.85. The van der Waals surface area contributed by atoms with Crippen molar-refractivity contribution in [1.29, 1.82) is 0 Å². The van der Waals surface area contributed by atoms with Crippen molar-refractivity contribution in [2.45, 2.75) is 45.7 Å². The first-order valence-electron chi connectivity index (χ1n) is 5.56. The highest BCUT2D eigenvalue weighted by Gasteiger charge is 2.21. The van der Waals surface area contributed by atoms with Crippen molar-refractivity contribution in [3.8, 4) is 0 Å². The summed E-state index contributed by atoms with van der Waals surface area (Å²) in [6.07, 6.45) is 10.5. The standard InChI is InChI=1S/C13H22N2/c1-6-15-11-14-12(2,3)9-7-8-10-13(15,4)5/h7-11H,6H2,1-5H3/b9-7-,10-8-,14-11?. The first-order chi connectivity index (χ1) is 6.87. The fourth-order valence-corrected chi connectivity index (χ4v) is 1.58. The Morgan fingerprint density at radius 2 is 1.67 bits per heavy atom. The molecule has 1 heterocycles. The van der Waals surface area contributed by atoms with Crippen molar-refractivity contribution < 1.29 is 0 Å². The molecule has 0 fully saturated rings. The molecule has 1 aliphatic rings. The average Bonchev–Trinajstić information content (AvgIpc) is 2.16. The predicted molar refractivity (Wildman–Crippen MR) is 67.3 cm³/mol. The lowest BCUT2D eigenvalue weighted by Gasteiger charge is -2.34. The molecular formula is C13H22N2. The van der Waals surface area contributed by atoms with Gasteiger partial charge in [-0.05, 0) is 34.6 Å². The molecule has 0 N–H and O–H groups in total. The Balaban J connectivity index is 3.04. The summed E-state index contributed by atoms with van der Waals surface area (Å²) in [6, 6.07) is 0. The van der Waals surface area contributed by atoms with E-state index in [9.17, 15) is 0 Å². The van der Waals surface area contributed by atoms with Crippen LogP contribution in [0.4, 0.5) is 0 Å². The largest absolute Gasteiger partial charge is 0.355 e. The zero-order chi connectivity index (χ0) is 11.5. The van der Waals surface area contributed by atoms with Crippen LogP contribution in [-0.2, 0) is 0 Å². The van der Waals surface area contributed by atoms with Crippen LogP contribution >= 0.6 is 0 Å². The van der Waals surface area contributed by atoms with E-state index < -0.39 is 0 Å². The molecule has 0 saturated heterocycles. The van der Waals surface area contributed by atoms with Crippen LogP contribution < -0.4 is 0 Å². The maximum atomic E-state index is 4.60. The summed E-state index contributed by atoms with van der Waals surface area (Å²) in [7, 11) is 0. The van der Waals surface area contributed by atoms with Crippen molar-refractivity contribution in [1.82, 2.24) is 4.90 Å². The lowest BCUT2D eigenvalue weighted by molar-refractivity contribution is 0.289. The van der Waals surface area contributed by atoms with Crippen LogP contribution in [0, 0.1) is 0 Å². The SMILES string of the molecule is CCN1C=NC(C)(C)/C=C\C=C/C1(C)C. The van der Waals surface area contributed by atoms with Crippen LogP contribution in [0.1, 0.15) is 34.6 Å². The molecule has 0 amide bonds. The van der Waals surface area contributed by atoms with E-state index in [1.807, 2.05) is 6.34 Å². The Kier molecular flexibility index (Phi) is 3.38. The Labute approximate surface area is 93.4 Å². The Morgan fingerprint density at radius 3 is 2.27 bits per heavy atom. The van der Waals surface area contributed by atoms with Gasteiger partial charge in [-0.1, -0.05) is 24.3 Å².